The molecule has 7 heteroatoms. The normalized spacial score (nSPS) is 11.9. The molecular formula is C13H14N4O3. The number of aromatic carboxylic acids is 1. The number of amides is 1. The predicted molar refractivity (Wildman–Crippen MR) is 70.4 cm³/mol. The second-order valence-electron chi connectivity index (χ2n) is 4.30. The zero-order chi connectivity index (χ0) is 14.7. The van der Waals surface area contributed by atoms with Gasteiger partial charge in [-0.25, -0.2) is 14.8 Å². The number of imidazole rings is 1. The Hall–Kier alpha value is -2.70. The number of pyridine rings is 1. The van der Waals surface area contributed by atoms with Crippen molar-refractivity contribution in [3.8, 4) is 0 Å². The standard InChI is InChI=1S/C13H14N4O3/c1-7-9(13(19)20)3-4-10(16-7)12(18)17-8(2)11-14-5-6-15-11/h3-6,8H,1-2H3,(H,14,15)(H,17,18)(H,19,20). The molecule has 0 fully saturated rings. The Labute approximate surface area is 115 Å². The average molecular weight is 274 g/mol. The van der Waals surface area contributed by atoms with E-state index in [1.165, 1.54) is 12.1 Å². The molecule has 0 spiro atoms. The summed E-state index contributed by atoms with van der Waals surface area (Å²) in [6.07, 6.45) is 3.27. The molecule has 2 aromatic heterocycles. The topological polar surface area (TPSA) is 108 Å². The van der Waals surface area contributed by atoms with Gasteiger partial charge in [0.2, 0.25) is 0 Å². The van der Waals surface area contributed by atoms with Gasteiger partial charge in [-0.1, -0.05) is 0 Å². The number of hydrogen-bond acceptors (Lipinski definition) is 4. The van der Waals surface area contributed by atoms with Gasteiger partial charge in [0, 0.05) is 12.4 Å². The number of aromatic nitrogens is 3. The first kappa shape index (κ1) is 13.7. The van der Waals surface area contributed by atoms with Crippen LogP contribution in [0.3, 0.4) is 0 Å². The molecule has 0 aromatic carbocycles. The summed E-state index contributed by atoms with van der Waals surface area (Å²) in [4.78, 5) is 33.9. The maximum atomic E-state index is 12.0. The molecular weight excluding hydrogens is 260 g/mol. The van der Waals surface area contributed by atoms with Gasteiger partial charge in [0.15, 0.2) is 0 Å². The maximum absolute atomic E-state index is 12.0. The highest BCUT2D eigenvalue weighted by Crippen LogP contribution is 2.10. The lowest BCUT2D eigenvalue weighted by molar-refractivity contribution is 0.0694. The molecule has 20 heavy (non-hydrogen) atoms. The molecule has 104 valence electrons. The number of nitrogens with one attached hydrogen (secondary N) is 2. The van der Waals surface area contributed by atoms with Crippen LogP contribution < -0.4 is 5.32 Å². The van der Waals surface area contributed by atoms with Crippen LogP contribution in [0, 0.1) is 6.92 Å². The molecule has 3 N–H and O–H groups in total. The van der Waals surface area contributed by atoms with Crippen LogP contribution in [0.5, 0.6) is 0 Å². The highest BCUT2D eigenvalue weighted by molar-refractivity contribution is 5.94. The van der Waals surface area contributed by atoms with E-state index in [0.717, 1.165) is 0 Å². The number of aryl methyl sites for hydroxylation is 1. The van der Waals surface area contributed by atoms with Crippen molar-refractivity contribution in [2.45, 2.75) is 19.9 Å². The number of aromatic amines is 1. The van der Waals surface area contributed by atoms with E-state index in [2.05, 4.69) is 20.3 Å². The summed E-state index contributed by atoms with van der Waals surface area (Å²) in [5.74, 6) is -0.808. The number of nitrogens with zero attached hydrogens (tertiary/aromatic N) is 2. The SMILES string of the molecule is Cc1nc(C(=O)NC(C)c2ncc[nH]2)ccc1C(=O)O. The zero-order valence-electron chi connectivity index (χ0n) is 11.0. The lowest BCUT2D eigenvalue weighted by Crippen LogP contribution is -2.28. The van der Waals surface area contributed by atoms with Crippen molar-refractivity contribution >= 4 is 11.9 Å². The molecule has 0 bridgehead atoms. The Morgan fingerprint density at radius 3 is 2.70 bits per heavy atom. The largest absolute Gasteiger partial charge is 0.478 e. The van der Waals surface area contributed by atoms with Gasteiger partial charge in [-0.15, -0.1) is 0 Å². The van der Waals surface area contributed by atoms with Crippen LogP contribution in [-0.4, -0.2) is 31.9 Å². The first-order chi connectivity index (χ1) is 9.49. The summed E-state index contributed by atoms with van der Waals surface area (Å²) < 4.78 is 0. The molecule has 2 rings (SSSR count). The Morgan fingerprint density at radius 1 is 1.40 bits per heavy atom. The summed E-state index contributed by atoms with van der Waals surface area (Å²) in [5, 5.41) is 11.6. The van der Waals surface area contributed by atoms with Crippen LogP contribution in [0.4, 0.5) is 0 Å². The van der Waals surface area contributed by atoms with E-state index in [4.69, 9.17) is 5.11 Å². The molecule has 2 aromatic rings. The van der Waals surface area contributed by atoms with E-state index in [1.807, 2.05) is 0 Å². The molecule has 1 atom stereocenters. The molecule has 2 heterocycles. The van der Waals surface area contributed by atoms with Gasteiger partial charge < -0.3 is 15.4 Å². The van der Waals surface area contributed by atoms with Crippen molar-refractivity contribution in [3.05, 3.63) is 47.3 Å². The molecule has 7 nitrogen and oxygen atoms in total. The van der Waals surface area contributed by atoms with Crippen LogP contribution in [0.2, 0.25) is 0 Å². The number of carboxylic acid groups (broad SMARTS) is 1. The first-order valence-electron chi connectivity index (χ1n) is 6.00. The molecule has 1 unspecified atom stereocenters. The van der Waals surface area contributed by atoms with E-state index in [-0.39, 0.29) is 23.2 Å². The molecule has 0 radical (unpaired) electrons. The summed E-state index contributed by atoms with van der Waals surface area (Å²) in [6, 6.07) is 2.47. The van der Waals surface area contributed by atoms with Crippen molar-refractivity contribution in [3.63, 3.8) is 0 Å². The third-order valence-electron chi connectivity index (χ3n) is 2.83. The summed E-state index contributed by atoms with van der Waals surface area (Å²) in [7, 11) is 0. The lowest BCUT2D eigenvalue weighted by Gasteiger charge is -2.11. The molecule has 0 aliphatic heterocycles. The fraction of sp³-hybridized carbons (Fsp3) is 0.231. The smallest absolute Gasteiger partial charge is 0.337 e. The highest BCUT2D eigenvalue weighted by Gasteiger charge is 2.16. The minimum atomic E-state index is -1.06. The zero-order valence-corrected chi connectivity index (χ0v) is 11.0. The van der Waals surface area contributed by atoms with E-state index < -0.39 is 5.97 Å². The third-order valence-corrected chi connectivity index (χ3v) is 2.83. The van der Waals surface area contributed by atoms with Crippen LogP contribution in [0.15, 0.2) is 24.5 Å². The third kappa shape index (κ3) is 2.82. The number of carboxylic acids is 1. The fourth-order valence-electron chi connectivity index (χ4n) is 1.77. The molecule has 0 aliphatic carbocycles. The second kappa shape index (κ2) is 5.52. The second-order valence-corrected chi connectivity index (χ2v) is 4.30. The summed E-state index contributed by atoms with van der Waals surface area (Å²) in [6.45, 7) is 3.34. The van der Waals surface area contributed by atoms with Crippen LogP contribution >= 0.6 is 0 Å². The lowest BCUT2D eigenvalue weighted by atomic mass is 10.2. The van der Waals surface area contributed by atoms with E-state index in [1.54, 1.807) is 26.2 Å². The van der Waals surface area contributed by atoms with Crippen molar-refractivity contribution in [1.82, 2.24) is 20.3 Å². The molecule has 0 aliphatic rings. The summed E-state index contributed by atoms with van der Waals surface area (Å²) in [5.41, 5.74) is 0.558. The Morgan fingerprint density at radius 2 is 2.15 bits per heavy atom. The van der Waals surface area contributed by atoms with Crippen LogP contribution in [0.25, 0.3) is 0 Å². The van der Waals surface area contributed by atoms with Gasteiger partial charge in [0.25, 0.3) is 5.91 Å². The fourth-order valence-corrected chi connectivity index (χ4v) is 1.77. The maximum Gasteiger partial charge on any atom is 0.337 e. The monoisotopic (exact) mass is 274 g/mol. The Kier molecular flexibility index (Phi) is 3.79. The molecule has 0 saturated heterocycles. The van der Waals surface area contributed by atoms with Crippen molar-refractivity contribution < 1.29 is 14.7 Å². The van der Waals surface area contributed by atoms with Crippen molar-refractivity contribution in [1.29, 1.82) is 0 Å². The first-order valence-corrected chi connectivity index (χ1v) is 6.00. The van der Waals surface area contributed by atoms with Crippen molar-refractivity contribution in [2.75, 3.05) is 0 Å². The Balaban J connectivity index is 2.14. The summed E-state index contributed by atoms with van der Waals surface area (Å²) >= 11 is 0. The molecule has 1 amide bonds. The molecule has 0 saturated carbocycles. The van der Waals surface area contributed by atoms with Gasteiger partial charge in [0.05, 0.1) is 17.3 Å². The Bertz CT molecular complexity index is 637. The number of H-pyrrole nitrogens is 1. The van der Waals surface area contributed by atoms with E-state index in [0.29, 0.717) is 11.5 Å². The van der Waals surface area contributed by atoms with Gasteiger partial charge in [-0.3, -0.25) is 4.79 Å². The number of rotatable bonds is 4. The predicted octanol–water partition coefficient (Wildman–Crippen LogP) is 1.30. The number of carbonyl (C=O) groups is 2. The highest BCUT2D eigenvalue weighted by atomic mass is 16.4. The van der Waals surface area contributed by atoms with Crippen LogP contribution in [0.1, 0.15) is 45.3 Å². The minimum absolute atomic E-state index is 0.0839. The number of carbonyl (C=O) groups excluding carboxylic acids is 1. The average Bonchev–Trinajstić information content (AvgIpc) is 2.91. The minimum Gasteiger partial charge on any atom is -0.478 e. The van der Waals surface area contributed by atoms with Crippen LogP contribution in [-0.2, 0) is 0 Å². The van der Waals surface area contributed by atoms with E-state index in [9.17, 15) is 9.59 Å². The number of hydrogen-bond donors (Lipinski definition) is 3. The van der Waals surface area contributed by atoms with Crippen molar-refractivity contribution in [2.24, 2.45) is 0 Å². The van der Waals surface area contributed by atoms with Gasteiger partial charge in [-0.2, -0.15) is 0 Å². The quantitative estimate of drug-likeness (QED) is 0.778. The van der Waals surface area contributed by atoms with Gasteiger partial charge in [-0.05, 0) is 26.0 Å². The van der Waals surface area contributed by atoms with E-state index >= 15 is 0 Å². The van der Waals surface area contributed by atoms with Gasteiger partial charge in [0.1, 0.15) is 11.5 Å². The van der Waals surface area contributed by atoms with Gasteiger partial charge >= 0.3 is 5.97 Å².